The highest BCUT2D eigenvalue weighted by atomic mass is 16.4. The predicted octanol–water partition coefficient (Wildman–Crippen LogP) is 2.46. The van der Waals surface area contributed by atoms with Crippen molar-refractivity contribution in [2.75, 3.05) is 6.54 Å². The number of hydrogen-bond donors (Lipinski definition) is 2. The third kappa shape index (κ3) is 3.25. The zero-order valence-electron chi connectivity index (χ0n) is 12.5. The average Bonchev–Trinajstić information content (AvgIpc) is 2.88. The van der Waals surface area contributed by atoms with Crippen LogP contribution >= 0.6 is 0 Å². The van der Waals surface area contributed by atoms with E-state index < -0.39 is 12.0 Å². The van der Waals surface area contributed by atoms with Crippen molar-refractivity contribution >= 4 is 12.0 Å². The zero-order valence-corrected chi connectivity index (χ0v) is 12.5. The van der Waals surface area contributed by atoms with Crippen LogP contribution in [0.3, 0.4) is 0 Å². The van der Waals surface area contributed by atoms with Gasteiger partial charge in [-0.1, -0.05) is 26.7 Å². The molecule has 0 bridgehead atoms. The van der Waals surface area contributed by atoms with E-state index in [1.807, 2.05) is 0 Å². The smallest absolute Gasteiger partial charge is 0.326 e. The van der Waals surface area contributed by atoms with Crippen molar-refractivity contribution in [1.82, 2.24) is 10.2 Å². The Hall–Kier alpha value is -1.26. The summed E-state index contributed by atoms with van der Waals surface area (Å²) in [4.78, 5) is 25.0. The molecular weight excluding hydrogens is 256 g/mol. The lowest BCUT2D eigenvalue weighted by atomic mass is 9.78. The first-order valence-corrected chi connectivity index (χ1v) is 7.80. The molecule has 0 radical (unpaired) electrons. The average molecular weight is 282 g/mol. The Morgan fingerprint density at radius 1 is 1.15 bits per heavy atom. The van der Waals surface area contributed by atoms with Crippen molar-refractivity contribution < 1.29 is 14.7 Å². The van der Waals surface area contributed by atoms with E-state index in [2.05, 4.69) is 19.2 Å². The number of likely N-dealkylation sites (tertiary alicyclic amines) is 1. The van der Waals surface area contributed by atoms with E-state index in [1.54, 1.807) is 0 Å². The molecule has 2 unspecified atom stereocenters. The van der Waals surface area contributed by atoms with Gasteiger partial charge < -0.3 is 15.3 Å². The number of nitrogens with zero attached hydrogens (tertiary/aromatic N) is 1. The molecule has 2 amide bonds. The molecule has 1 aliphatic carbocycles. The van der Waals surface area contributed by atoms with Crippen LogP contribution in [0.25, 0.3) is 0 Å². The first kappa shape index (κ1) is 15.1. The molecule has 0 aromatic heterocycles. The Morgan fingerprint density at radius 2 is 1.85 bits per heavy atom. The first-order valence-electron chi connectivity index (χ1n) is 7.80. The molecule has 3 atom stereocenters. The summed E-state index contributed by atoms with van der Waals surface area (Å²) in [7, 11) is 0. The molecule has 114 valence electrons. The zero-order chi connectivity index (χ0) is 14.7. The minimum absolute atomic E-state index is 0.188. The molecule has 5 heteroatoms. The minimum atomic E-state index is -0.887. The van der Waals surface area contributed by atoms with Crippen molar-refractivity contribution in [2.24, 2.45) is 11.8 Å². The first-order chi connectivity index (χ1) is 9.50. The summed E-state index contributed by atoms with van der Waals surface area (Å²) in [5, 5.41) is 12.3. The van der Waals surface area contributed by atoms with Crippen LogP contribution in [0.1, 0.15) is 52.4 Å². The molecule has 1 heterocycles. The number of carboxylic acid groups (broad SMARTS) is 1. The van der Waals surface area contributed by atoms with Crippen LogP contribution in [0.4, 0.5) is 4.79 Å². The van der Waals surface area contributed by atoms with Crippen LogP contribution < -0.4 is 5.32 Å². The minimum Gasteiger partial charge on any atom is -0.480 e. The predicted molar refractivity (Wildman–Crippen MR) is 76.5 cm³/mol. The molecule has 2 fully saturated rings. The lowest BCUT2D eigenvalue weighted by Gasteiger charge is -2.36. The number of carbonyl (C=O) groups excluding carboxylic acids is 1. The molecule has 2 N–H and O–H groups in total. The molecular formula is C15H26N2O3. The van der Waals surface area contributed by atoms with Gasteiger partial charge in [0.2, 0.25) is 0 Å². The molecule has 0 aromatic rings. The molecule has 0 spiro atoms. The Labute approximate surface area is 120 Å². The van der Waals surface area contributed by atoms with E-state index in [0.717, 1.165) is 25.7 Å². The summed E-state index contributed by atoms with van der Waals surface area (Å²) in [5.74, 6) is 0.176. The molecule has 1 saturated carbocycles. The standard InChI is InChI=1S/C15H26N2O3/c1-10(2)11-6-3-4-7-12(11)16-15(20)17-9-5-8-13(17)14(18)19/h10-13H,3-9H2,1-2H3,(H,16,20)(H,18,19)/t11?,12?,13-/m0/s1. The van der Waals surface area contributed by atoms with E-state index in [1.165, 1.54) is 11.3 Å². The number of hydrogen-bond acceptors (Lipinski definition) is 2. The molecule has 0 aromatic carbocycles. The number of aliphatic carboxylic acids is 1. The fourth-order valence-electron chi connectivity index (χ4n) is 3.64. The van der Waals surface area contributed by atoms with E-state index in [-0.39, 0.29) is 12.1 Å². The number of urea groups is 1. The van der Waals surface area contributed by atoms with Gasteiger partial charge in [-0.25, -0.2) is 9.59 Å². The van der Waals surface area contributed by atoms with Gasteiger partial charge in [0.25, 0.3) is 0 Å². The van der Waals surface area contributed by atoms with Crippen molar-refractivity contribution in [3.05, 3.63) is 0 Å². The summed E-state index contributed by atoms with van der Waals surface area (Å²) in [6, 6.07) is -0.630. The maximum absolute atomic E-state index is 12.3. The maximum atomic E-state index is 12.3. The molecule has 1 aliphatic heterocycles. The van der Waals surface area contributed by atoms with Crippen LogP contribution in [0.2, 0.25) is 0 Å². The molecule has 20 heavy (non-hydrogen) atoms. The van der Waals surface area contributed by atoms with Gasteiger partial charge in [0, 0.05) is 12.6 Å². The van der Waals surface area contributed by atoms with E-state index in [0.29, 0.717) is 24.8 Å². The van der Waals surface area contributed by atoms with Crippen molar-refractivity contribution in [3.63, 3.8) is 0 Å². The van der Waals surface area contributed by atoms with Gasteiger partial charge in [0.15, 0.2) is 0 Å². The number of nitrogens with one attached hydrogen (secondary N) is 1. The van der Waals surface area contributed by atoms with Crippen LogP contribution in [0.5, 0.6) is 0 Å². The van der Waals surface area contributed by atoms with Gasteiger partial charge >= 0.3 is 12.0 Å². The quantitative estimate of drug-likeness (QED) is 0.835. The number of amides is 2. The monoisotopic (exact) mass is 282 g/mol. The van der Waals surface area contributed by atoms with Crippen LogP contribution in [0, 0.1) is 11.8 Å². The van der Waals surface area contributed by atoms with Gasteiger partial charge in [-0.2, -0.15) is 0 Å². The van der Waals surface area contributed by atoms with Crippen LogP contribution in [-0.2, 0) is 4.79 Å². The van der Waals surface area contributed by atoms with E-state index in [9.17, 15) is 9.59 Å². The topological polar surface area (TPSA) is 69.6 Å². The van der Waals surface area contributed by atoms with Crippen molar-refractivity contribution in [3.8, 4) is 0 Å². The van der Waals surface area contributed by atoms with Gasteiger partial charge in [-0.15, -0.1) is 0 Å². The van der Waals surface area contributed by atoms with Gasteiger partial charge in [0.1, 0.15) is 6.04 Å². The number of carbonyl (C=O) groups is 2. The SMILES string of the molecule is CC(C)C1CCCCC1NC(=O)N1CCC[C@H]1C(=O)O. The fraction of sp³-hybridized carbons (Fsp3) is 0.867. The summed E-state index contributed by atoms with van der Waals surface area (Å²) < 4.78 is 0. The second-order valence-corrected chi connectivity index (χ2v) is 6.44. The van der Waals surface area contributed by atoms with Gasteiger partial charge in [-0.05, 0) is 37.5 Å². The van der Waals surface area contributed by atoms with Crippen molar-refractivity contribution in [2.45, 2.75) is 64.5 Å². The highest BCUT2D eigenvalue weighted by Crippen LogP contribution is 2.30. The number of rotatable bonds is 3. The highest BCUT2D eigenvalue weighted by molar-refractivity contribution is 5.83. The van der Waals surface area contributed by atoms with Crippen LogP contribution in [-0.4, -0.2) is 40.6 Å². The molecule has 2 rings (SSSR count). The van der Waals surface area contributed by atoms with E-state index >= 15 is 0 Å². The second kappa shape index (κ2) is 6.46. The van der Waals surface area contributed by atoms with E-state index in [4.69, 9.17) is 5.11 Å². The van der Waals surface area contributed by atoms with Crippen molar-refractivity contribution in [1.29, 1.82) is 0 Å². The Kier molecular flexibility index (Phi) is 4.89. The summed E-state index contributed by atoms with van der Waals surface area (Å²) in [6.07, 6.45) is 5.90. The largest absolute Gasteiger partial charge is 0.480 e. The highest BCUT2D eigenvalue weighted by Gasteiger charge is 2.36. The third-order valence-corrected chi connectivity index (χ3v) is 4.78. The Balaban J connectivity index is 1.97. The summed E-state index contributed by atoms with van der Waals surface area (Å²) in [6.45, 7) is 4.96. The fourth-order valence-corrected chi connectivity index (χ4v) is 3.64. The van der Waals surface area contributed by atoms with Crippen LogP contribution in [0.15, 0.2) is 0 Å². The molecule has 1 saturated heterocycles. The summed E-state index contributed by atoms with van der Waals surface area (Å²) >= 11 is 0. The molecule has 2 aliphatic rings. The second-order valence-electron chi connectivity index (χ2n) is 6.44. The number of carboxylic acids is 1. The molecule has 5 nitrogen and oxygen atoms in total. The Bertz CT molecular complexity index is 370. The summed E-state index contributed by atoms with van der Waals surface area (Å²) in [5.41, 5.74) is 0. The van der Waals surface area contributed by atoms with Gasteiger partial charge in [-0.3, -0.25) is 0 Å². The maximum Gasteiger partial charge on any atom is 0.326 e. The lowest BCUT2D eigenvalue weighted by Crippen LogP contribution is -2.52. The lowest BCUT2D eigenvalue weighted by molar-refractivity contribution is -0.141. The van der Waals surface area contributed by atoms with Gasteiger partial charge in [0.05, 0.1) is 0 Å². The Morgan fingerprint density at radius 3 is 2.50 bits per heavy atom. The third-order valence-electron chi connectivity index (χ3n) is 4.78. The normalized spacial score (nSPS) is 30.6.